The van der Waals surface area contributed by atoms with Gasteiger partial charge in [0.25, 0.3) is 5.91 Å². The Balaban J connectivity index is 1.86. The zero-order valence-corrected chi connectivity index (χ0v) is 8.91. The highest BCUT2D eigenvalue weighted by molar-refractivity contribution is 6.08. The van der Waals surface area contributed by atoms with Gasteiger partial charge in [-0.25, -0.2) is 4.79 Å². The molecule has 0 aromatic carbocycles. The molecular formula is C11H14N2O2. The average Bonchev–Trinajstić information content (AvgIpc) is 2.58. The minimum Gasteiger partial charge on any atom is -0.322 e. The molecule has 0 aromatic heterocycles. The summed E-state index contributed by atoms with van der Waals surface area (Å²) in [5.41, 5.74) is -0.135. The molecule has 1 saturated heterocycles. The Morgan fingerprint density at radius 2 is 2.20 bits per heavy atom. The van der Waals surface area contributed by atoms with Gasteiger partial charge in [-0.2, -0.15) is 0 Å². The van der Waals surface area contributed by atoms with Crippen LogP contribution in [-0.2, 0) is 4.79 Å². The van der Waals surface area contributed by atoms with Crippen LogP contribution < -0.4 is 5.32 Å². The maximum atomic E-state index is 12.2. The van der Waals surface area contributed by atoms with Crippen molar-refractivity contribution in [3.8, 4) is 0 Å². The Morgan fingerprint density at radius 1 is 1.47 bits per heavy atom. The van der Waals surface area contributed by atoms with Gasteiger partial charge in [0.1, 0.15) is 5.54 Å². The van der Waals surface area contributed by atoms with Gasteiger partial charge in [-0.05, 0) is 30.1 Å². The van der Waals surface area contributed by atoms with Crippen molar-refractivity contribution in [2.75, 3.05) is 7.05 Å². The molecule has 5 atom stereocenters. The van der Waals surface area contributed by atoms with Gasteiger partial charge >= 0.3 is 6.03 Å². The van der Waals surface area contributed by atoms with Crippen LogP contribution in [0.3, 0.4) is 0 Å². The van der Waals surface area contributed by atoms with E-state index in [-0.39, 0.29) is 11.9 Å². The highest BCUT2D eigenvalue weighted by atomic mass is 16.2. The lowest BCUT2D eigenvalue weighted by Gasteiger charge is -2.24. The van der Waals surface area contributed by atoms with Crippen LogP contribution in [0.1, 0.15) is 19.8 Å². The molecule has 4 nitrogen and oxygen atoms in total. The summed E-state index contributed by atoms with van der Waals surface area (Å²) in [5, 5.41) is 2.97. The molecule has 1 aliphatic heterocycles. The first kappa shape index (κ1) is 8.13. The zero-order valence-electron chi connectivity index (χ0n) is 8.91. The maximum absolute atomic E-state index is 12.2. The molecule has 5 fully saturated rings. The summed E-state index contributed by atoms with van der Waals surface area (Å²) >= 11 is 0. The van der Waals surface area contributed by atoms with E-state index in [2.05, 4.69) is 12.2 Å². The van der Waals surface area contributed by atoms with Crippen molar-refractivity contribution in [2.45, 2.75) is 25.3 Å². The summed E-state index contributed by atoms with van der Waals surface area (Å²) in [4.78, 5) is 25.0. The van der Waals surface area contributed by atoms with Crippen LogP contribution in [0.2, 0.25) is 0 Å². The second-order valence-electron chi connectivity index (χ2n) is 5.89. The summed E-state index contributed by atoms with van der Waals surface area (Å²) in [7, 11) is 1.59. The van der Waals surface area contributed by atoms with E-state index in [4.69, 9.17) is 0 Å². The van der Waals surface area contributed by atoms with Crippen LogP contribution >= 0.6 is 0 Å². The number of carbonyl (C=O) groups excluding carboxylic acids is 2. The van der Waals surface area contributed by atoms with E-state index >= 15 is 0 Å². The van der Waals surface area contributed by atoms with Crippen molar-refractivity contribution in [3.63, 3.8) is 0 Å². The number of nitrogens with zero attached hydrogens (tertiary/aromatic N) is 1. The molecule has 4 saturated carbocycles. The summed E-state index contributed by atoms with van der Waals surface area (Å²) in [6.07, 6.45) is 2.27. The number of imide groups is 1. The van der Waals surface area contributed by atoms with E-state index in [1.54, 1.807) is 7.05 Å². The van der Waals surface area contributed by atoms with Gasteiger partial charge in [-0.1, -0.05) is 6.92 Å². The molecule has 1 spiro atoms. The third kappa shape index (κ3) is 0.553. The first-order chi connectivity index (χ1) is 7.02. The van der Waals surface area contributed by atoms with Gasteiger partial charge in [0.15, 0.2) is 0 Å². The van der Waals surface area contributed by atoms with E-state index in [1.165, 1.54) is 4.90 Å². The number of carbonyl (C=O) groups is 2. The van der Waals surface area contributed by atoms with Gasteiger partial charge < -0.3 is 5.32 Å². The zero-order chi connectivity index (χ0) is 10.6. The minimum absolute atomic E-state index is 0.0197. The molecule has 5 aliphatic rings. The van der Waals surface area contributed by atoms with Crippen LogP contribution in [0.25, 0.3) is 0 Å². The third-order valence-corrected chi connectivity index (χ3v) is 5.49. The number of hydrogen-bond acceptors (Lipinski definition) is 2. The summed E-state index contributed by atoms with van der Waals surface area (Å²) in [6.45, 7) is 2.27. The fraction of sp³-hybridized carbons (Fsp3) is 0.818. The number of amides is 3. The normalized spacial score (nSPS) is 59.3. The lowest BCUT2D eigenvalue weighted by atomic mass is 9.88. The fourth-order valence-electron chi connectivity index (χ4n) is 4.87. The Morgan fingerprint density at radius 3 is 2.53 bits per heavy atom. The average molecular weight is 206 g/mol. The van der Waals surface area contributed by atoms with E-state index in [0.29, 0.717) is 23.2 Å². The predicted octanol–water partition coefficient (Wildman–Crippen LogP) is 0.583. The summed E-state index contributed by atoms with van der Waals surface area (Å²) in [5.74, 6) is 1.54. The molecule has 4 aliphatic carbocycles. The van der Waals surface area contributed by atoms with E-state index in [0.717, 1.165) is 12.8 Å². The first-order valence-electron chi connectivity index (χ1n) is 5.62. The van der Waals surface area contributed by atoms with Gasteiger partial charge in [-0.3, -0.25) is 9.69 Å². The minimum atomic E-state index is -0.495. The quantitative estimate of drug-likeness (QED) is 0.589. The van der Waals surface area contributed by atoms with Crippen LogP contribution in [0.15, 0.2) is 0 Å². The largest absolute Gasteiger partial charge is 0.324 e. The number of urea groups is 1. The topological polar surface area (TPSA) is 49.4 Å². The molecule has 0 aromatic rings. The van der Waals surface area contributed by atoms with E-state index in [9.17, 15) is 9.59 Å². The van der Waals surface area contributed by atoms with Crippen LogP contribution in [0.4, 0.5) is 4.79 Å². The SMILES string of the molecule is CN1C(=O)NC2(C1=O)C1CC3C2C3(C)C1. The van der Waals surface area contributed by atoms with Crippen molar-refractivity contribution in [1.29, 1.82) is 0 Å². The monoisotopic (exact) mass is 206 g/mol. The molecule has 5 rings (SSSR count). The number of likely N-dealkylation sites (N-methyl/N-ethyl adjacent to an activating group) is 1. The van der Waals surface area contributed by atoms with Crippen molar-refractivity contribution in [1.82, 2.24) is 10.2 Å². The van der Waals surface area contributed by atoms with Crippen LogP contribution in [-0.4, -0.2) is 29.4 Å². The van der Waals surface area contributed by atoms with Crippen molar-refractivity contribution >= 4 is 11.9 Å². The predicted molar refractivity (Wildman–Crippen MR) is 51.8 cm³/mol. The molecule has 1 N–H and O–H groups in total. The molecule has 80 valence electrons. The number of rotatable bonds is 0. The molecule has 4 heteroatoms. The smallest absolute Gasteiger partial charge is 0.322 e. The summed E-state index contributed by atoms with van der Waals surface area (Å²) in [6, 6.07) is -0.207. The fourth-order valence-corrected chi connectivity index (χ4v) is 4.87. The Bertz CT molecular complexity index is 421. The van der Waals surface area contributed by atoms with Crippen molar-refractivity contribution in [2.24, 2.45) is 23.2 Å². The van der Waals surface area contributed by atoms with Gasteiger partial charge in [0.05, 0.1) is 0 Å². The second kappa shape index (κ2) is 1.81. The number of hydrogen-bond donors (Lipinski definition) is 1. The van der Waals surface area contributed by atoms with E-state index < -0.39 is 5.54 Å². The van der Waals surface area contributed by atoms with E-state index in [1.807, 2.05) is 0 Å². The van der Waals surface area contributed by atoms with Crippen LogP contribution in [0, 0.1) is 23.2 Å². The Labute approximate surface area is 88.0 Å². The summed E-state index contributed by atoms with van der Waals surface area (Å²) < 4.78 is 0. The molecule has 4 bridgehead atoms. The lowest BCUT2D eigenvalue weighted by molar-refractivity contribution is -0.131. The molecular weight excluding hydrogens is 192 g/mol. The highest BCUT2D eigenvalue weighted by Crippen LogP contribution is 2.82. The molecule has 0 radical (unpaired) electrons. The maximum Gasteiger partial charge on any atom is 0.324 e. The third-order valence-electron chi connectivity index (χ3n) is 5.49. The molecule has 5 unspecified atom stereocenters. The lowest BCUT2D eigenvalue weighted by Crippen LogP contribution is -2.50. The Hall–Kier alpha value is -1.06. The second-order valence-corrected chi connectivity index (χ2v) is 5.89. The first-order valence-corrected chi connectivity index (χ1v) is 5.62. The number of nitrogens with one attached hydrogen (secondary N) is 1. The van der Waals surface area contributed by atoms with Crippen molar-refractivity contribution < 1.29 is 9.59 Å². The standard InChI is InChI=1S/C11H14N2O2/c1-10-4-5-3-6(10)7(10)11(5)8(14)13(2)9(15)12-11/h5-7H,3-4H2,1-2H3,(H,12,15). The molecule has 1 heterocycles. The van der Waals surface area contributed by atoms with Gasteiger partial charge in [0, 0.05) is 13.0 Å². The molecule has 3 amide bonds. The van der Waals surface area contributed by atoms with Crippen molar-refractivity contribution in [3.05, 3.63) is 0 Å². The highest BCUT2D eigenvalue weighted by Gasteiger charge is 2.86. The Kier molecular flexibility index (Phi) is 0.981. The van der Waals surface area contributed by atoms with Gasteiger partial charge in [-0.15, -0.1) is 0 Å². The molecule has 15 heavy (non-hydrogen) atoms. The van der Waals surface area contributed by atoms with Gasteiger partial charge in [0.2, 0.25) is 0 Å². The van der Waals surface area contributed by atoms with Crippen LogP contribution in [0.5, 0.6) is 0 Å².